The van der Waals surface area contributed by atoms with Crippen LogP contribution >= 0.6 is 23.2 Å². The highest BCUT2D eigenvalue weighted by atomic mass is 35.5. The second-order valence-electron chi connectivity index (χ2n) is 8.45. The Bertz CT molecular complexity index is 1200. The van der Waals surface area contributed by atoms with Crippen LogP contribution in [-0.2, 0) is 11.2 Å². The zero-order chi connectivity index (χ0) is 25.7. The molecule has 0 bridgehead atoms. The third-order valence-corrected chi connectivity index (χ3v) is 6.59. The van der Waals surface area contributed by atoms with Crippen LogP contribution in [0.15, 0.2) is 73.1 Å². The summed E-state index contributed by atoms with van der Waals surface area (Å²) in [4.78, 5) is 16.8. The summed E-state index contributed by atoms with van der Waals surface area (Å²) in [5.41, 5.74) is 3.30. The Morgan fingerprint density at radius 3 is 2.17 bits per heavy atom. The number of hydrogen-bond acceptors (Lipinski definition) is 6. The molecule has 3 aromatic carbocycles. The third kappa shape index (κ3) is 6.36. The average Bonchev–Trinajstić information content (AvgIpc) is 2.87. The van der Waals surface area contributed by atoms with E-state index in [1.807, 2.05) is 48.5 Å². The van der Waals surface area contributed by atoms with Crippen molar-refractivity contribution in [3.05, 3.63) is 88.7 Å². The molecule has 1 fully saturated rings. The molecule has 0 saturated carbocycles. The minimum Gasteiger partial charge on any atom is -0.508 e. The van der Waals surface area contributed by atoms with Gasteiger partial charge in [-0.3, -0.25) is 4.79 Å². The molecule has 1 heterocycles. The molecule has 0 aliphatic carbocycles. The number of nitrogens with one attached hydrogen (secondary N) is 2. The van der Waals surface area contributed by atoms with Crippen molar-refractivity contribution in [2.24, 2.45) is 0 Å². The molecule has 0 unspecified atom stereocenters. The number of aromatic hydroxyl groups is 1. The molecule has 0 atom stereocenters. The molecule has 188 valence electrons. The smallest absolute Gasteiger partial charge is 0.228 e. The first kappa shape index (κ1) is 25.5. The number of ether oxygens (including phenoxy) is 1. The van der Waals surface area contributed by atoms with E-state index in [2.05, 4.69) is 27.0 Å². The van der Waals surface area contributed by atoms with E-state index in [1.165, 1.54) is 12.1 Å². The SMILES string of the molecule is C=C(Nc1c(Cl)cc(O)cc1Cl)N1CCN(c2ccc(NC(=O)Cc3ccc(OC)cc3)cc2)CC1. The molecule has 1 amide bonds. The molecule has 7 nitrogen and oxygen atoms in total. The van der Waals surface area contributed by atoms with Gasteiger partial charge < -0.3 is 30.3 Å². The average molecular weight is 527 g/mol. The lowest BCUT2D eigenvalue weighted by Crippen LogP contribution is -2.46. The van der Waals surface area contributed by atoms with Crippen LogP contribution in [0.25, 0.3) is 0 Å². The highest BCUT2D eigenvalue weighted by Gasteiger charge is 2.20. The van der Waals surface area contributed by atoms with Gasteiger partial charge in [0.25, 0.3) is 0 Å². The molecular weight excluding hydrogens is 499 g/mol. The van der Waals surface area contributed by atoms with E-state index in [9.17, 15) is 9.90 Å². The topological polar surface area (TPSA) is 77.1 Å². The summed E-state index contributed by atoms with van der Waals surface area (Å²) in [6.07, 6.45) is 0.298. The van der Waals surface area contributed by atoms with Crippen molar-refractivity contribution in [2.75, 3.05) is 48.8 Å². The maximum Gasteiger partial charge on any atom is 0.228 e. The number of anilines is 3. The normalized spacial score (nSPS) is 13.3. The van der Waals surface area contributed by atoms with E-state index in [0.717, 1.165) is 48.9 Å². The lowest BCUT2D eigenvalue weighted by Gasteiger charge is -2.38. The Kier molecular flexibility index (Phi) is 8.13. The monoisotopic (exact) mass is 526 g/mol. The lowest BCUT2D eigenvalue weighted by molar-refractivity contribution is -0.115. The first-order chi connectivity index (χ1) is 17.3. The van der Waals surface area contributed by atoms with Crippen LogP contribution in [0.5, 0.6) is 11.5 Å². The molecule has 9 heteroatoms. The Labute approximate surface area is 220 Å². The zero-order valence-corrected chi connectivity index (χ0v) is 21.4. The third-order valence-electron chi connectivity index (χ3n) is 6.00. The number of benzene rings is 3. The minimum atomic E-state index is -0.0682. The van der Waals surface area contributed by atoms with Crippen LogP contribution in [-0.4, -0.2) is 49.2 Å². The standard InChI is InChI=1S/C27H28Cl2N4O3/c1-18(30-27-24(28)16-22(34)17-25(27)29)32-11-13-33(14-12-32)21-7-5-20(6-8-21)31-26(35)15-19-3-9-23(36-2)10-4-19/h3-10,16-17,30,34H,1,11-15H2,2H3,(H,31,35). The predicted octanol–water partition coefficient (Wildman–Crippen LogP) is 5.59. The van der Waals surface area contributed by atoms with Gasteiger partial charge in [-0.05, 0) is 42.0 Å². The van der Waals surface area contributed by atoms with Crippen LogP contribution < -0.4 is 20.3 Å². The van der Waals surface area contributed by atoms with Crippen molar-refractivity contribution in [2.45, 2.75) is 6.42 Å². The van der Waals surface area contributed by atoms with Gasteiger partial charge in [-0.2, -0.15) is 0 Å². The van der Waals surface area contributed by atoms with Crippen LogP contribution in [0.2, 0.25) is 10.0 Å². The van der Waals surface area contributed by atoms with Crippen LogP contribution in [0.3, 0.4) is 0 Å². The van der Waals surface area contributed by atoms with E-state index in [4.69, 9.17) is 27.9 Å². The molecule has 1 aliphatic rings. The number of methoxy groups -OCH3 is 1. The zero-order valence-electron chi connectivity index (χ0n) is 19.9. The van der Waals surface area contributed by atoms with Crippen molar-refractivity contribution in [3.63, 3.8) is 0 Å². The number of carbonyl (C=O) groups is 1. The number of carbonyl (C=O) groups excluding carboxylic acids is 1. The van der Waals surface area contributed by atoms with Crippen molar-refractivity contribution >= 4 is 46.2 Å². The highest BCUT2D eigenvalue weighted by Crippen LogP contribution is 2.35. The Morgan fingerprint density at radius 2 is 1.58 bits per heavy atom. The second-order valence-corrected chi connectivity index (χ2v) is 9.26. The Morgan fingerprint density at radius 1 is 0.972 bits per heavy atom. The molecule has 0 radical (unpaired) electrons. The van der Waals surface area contributed by atoms with E-state index in [1.54, 1.807) is 7.11 Å². The molecule has 4 rings (SSSR count). The summed E-state index contributed by atoms with van der Waals surface area (Å²) >= 11 is 12.4. The van der Waals surface area contributed by atoms with Crippen LogP contribution in [0.1, 0.15) is 5.56 Å². The second kappa shape index (κ2) is 11.5. The summed E-state index contributed by atoms with van der Waals surface area (Å²) in [5, 5.41) is 16.4. The number of phenolic OH excluding ortho intramolecular Hbond substituents is 1. The molecular formula is C27H28Cl2N4O3. The fourth-order valence-corrected chi connectivity index (χ4v) is 4.60. The van der Waals surface area contributed by atoms with Gasteiger partial charge in [-0.25, -0.2) is 0 Å². The van der Waals surface area contributed by atoms with Crippen molar-refractivity contribution < 1.29 is 14.6 Å². The van der Waals surface area contributed by atoms with Gasteiger partial charge in [0.15, 0.2) is 0 Å². The maximum absolute atomic E-state index is 12.4. The number of nitrogens with zero attached hydrogens (tertiary/aromatic N) is 2. The highest BCUT2D eigenvalue weighted by molar-refractivity contribution is 6.39. The fraction of sp³-hybridized carbons (Fsp3) is 0.222. The van der Waals surface area contributed by atoms with E-state index >= 15 is 0 Å². The summed E-state index contributed by atoms with van der Waals surface area (Å²) < 4.78 is 5.15. The summed E-state index contributed by atoms with van der Waals surface area (Å²) in [5.74, 6) is 1.40. The van der Waals surface area contributed by atoms with Gasteiger partial charge in [0, 0.05) is 49.7 Å². The lowest BCUT2D eigenvalue weighted by atomic mass is 10.1. The molecule has 3 N–H and O–H groups in total. The number of rotatable bonds is 8. The largest absolute Gasteiger partial charge is 0.508 e. The first-order valence-corrected chi connectivity index (χ1v) is 12.2. The molecule has 0 aromatic heterocycles. The number of hydrogen-bond donors (Lipinski definition) is 3. The van der Waals surface area contributed by atoms with Crippen molar-refractivity contribution in [1.29, 1.82) is 0 Å². The summed E-state index contributed by atoms with van der Waals surface area (Å²) in [6, 6.07) is 18.2. The van der Waals surface area contributed by atoms with Gasteiger partial charge >= 0.3 is 0 Å². The van der Waals surface area contributed by atoms with E-state index < -0.39 is 0 Å². The van der Waals surface area contributed by atoms with E-state index in [0.29, 0.717) is 28.0 Å². The fourth-order valence-electron chi connectivity index (χ4n) is 4.03. The maximum atomic E-state index is 12.4. The number of amides is 1. The molecule has 1 saturated heterocycles. The minimum absolute atomic E-state index is 0.0117. The molecule has 0 spiro atoms. The molecule has 36 heavy (non-hydrogen) atoms. The first-order valence-electron chi connectivity index (χ1n) is 11.5. The van der Waals surface area contributed by atoms with Crippen molar-refractivity contribution in [3.8, 4) is 11.5 Å². The number of phenols is 1. The van der Waals surface area contributed by atoms with Gasteiger partial charge in [-0.15, -0.1) is 0 Å². The Balaban J connectivity index is 1.27. The quantitative estimate of drug-likeness (QED) is 0.332. The van der Waals surface area contributed by atoms with Gasteiger partial charge in [0.05, 0.1) is 35.1 Å². The predicted molar refractivity (Wildman–Crippen MR) is 146 cm³/mol. The summed E-state index contributed by atoms with van der Waals surface area (Å²) in [7, 11) is 1.62. The molecule has 1 aliphatic heterocycles. The Hall–Kier alpha value is -3.55. The van der Waals surface area contributed by atoms with Crippen LogP contribution in [0.4, 0.5) is 17.1 Å². The van der Waals surface area contributed by atoms with E-state index in [-0.39, 0.29) is 11.7 Å². The van der Waals surface area contributed by atoms with Gasteiger partial charge in [0.1, 0.15) is 11.5 Å². The molecule has 3 aromatic rings. The summed E-state index contributed by atoms with van der Waals surface area (Å²) in [6.45, 7) is 7.26. The van der Waals surface area contributed by atoms with Crippen LogP contribution in [0, 0.1) is 0 Å². The van der Waals surface area contributed by atoms with Crippen molar-refractivity contribution in [1.82, 2.24) is 4.90 Å². The van der Waals surface area contributed by atoms with Gasteiger partial charge in [0.2, 0.25) is 5.91 Å². The van der Waals surface area contributed by atoms with Gasteiger partial charge in [-0.1, -0.05) is 41.9 Å². The number of halogens is 2. The number of piperazine rings is 1.